The molecule has 1 unspecified atom stereocenters. The molecule has 0 aliphatic carbocycles. The van der Waals surface area contributed by atoms with Gasteiger partial charge in [-0.05, 0) is 49.7 Å². The summed E-state index contributed by atoms with van der Waals surface area (Å²) in [6, 6.07) is 15.0. The summed E-state index contributed by atoms with van der Waals surface area (Å²) in [7, 11) is 0. The van der Waals surface area contributed by atoms with Gasteiger partial charge < -0.3 is 10.1 Å². The lowest BCUT2D eigenvalue weighted by Gasteiger charge is -2.15. The van der Waals surface area contributed by atoms with Crippen LogP contribution in [-0.2, 0) is 4.79 Å². The van der Waals surface area contributed by atoms with Crippen molar-refractivity contribution in [2.24, 2.45) is 0 Å². The Hall–Kier alpha value is -1.81. The second-order valence-corrected chi connectivity index (χ2v) is 5.44. The molecular weight excluding hydrogens is 318 g/mol. The molecule has 1 atom stereocenters. The molecule has 0 aliphatic heterocycles. The Kier molecular flexibility index (Phi) is 4.79. The van der Waals surface area contributed by atoms with E-state index in [0.717, 1.165) is 15.7 Å². The summed E-state index contributed by atoms with van der Waals surface area (Å²) >= 11 is 3.40. The molecule has 0 aliphatic rings. The molecule has 4 heteroatoms. The van der Waals surface area contributed by atoms with Crippen molar-refractivity contribution in [3.63, 3.8) is 0 Å². The van der Waals surface area contributed by atoms with Gasteiger partial charge in [0.05, 0.1) is 0 Å². The molecule has 20 heavy (non-hydrogen) atoms. The molecule has 0 heterocycles. The van der Waals surface area contributed by atoms with E-state index < -0.39 is 6.10 Å². The zero-order valence-corrected chi connectivity index (χ0v) is 13.0. The maximum Gasteiger partial charge on any atom is 0.265 e. The smallest absolute Gasteiger partial charge is 0.265 e. The zero-order valence-electron chi connectivity index (χ0n) is 11.4. The molecule has 0 fully saturated rings. The van der Waals surface area contributed by atoms with Crippen molar-refractivity contribution in [2.45, 2.75) is 20.0 Å². The number of carbonyl (C=O) groups is 1. The summed E-state index contributed by atoms with van der Waals surface area (Å²) < 4.78 is 6.58. The number of halogens is 1. The van der Waals surface area contributed by atoms with Crippen molar-refractivity contribution in [2.75, 3.05) is 5.32 Å². The molecule has 1 N–H and O–H groups in total. The number of benzene rings is 2. The SMILES string of the molecule is Cc1cc(Br)ccc1NC(=O)C(C)Oc1ccccc1. The van der Waals surface area contributed by atoms with Gasteiger partial charge >= 0.3 is 0 Å². The minimum absolute atomic E-state index is 0.167. The molecule has 2 aromatic rings. The first-order valence-electron chi connectivity index (χ1n) is 6.35. The highest BCUT2D eigenvalue weighted by Gasteiger charge is 2.15. The maximum absolute atomic E-state index is 12.1. The van der Waals surface area contributed by atoms with Crippen molar-refractivity contribution in [1.29, 1.82) is 0 Å². The van der Waals surface area contributed by atoms with Gasteiger partial charge in [0.15, 0.2) is 6.10 Å². The lowest BCUT2D eigenvalue weighted by Crippen LogP contribution is -2.30. The Morgan fingerprint density at radius 3 is 2.55 bits per heavy atom. The van der Waals surface area contributed by atoms with Gasteiger partial charge in [-0.3, -0.25) is 4.79 Å². The van der Waals surface area contributed by atoms with E-state index in [1.165, 1.54) is 0 Å². The van der Waals surface area contributed by atoms with Gasteiger partial charge in [-0.15, -0.1) is 0 Å². The van der Waals surface area contributed by atoms with Gasteiger partial charge in [0.25, 0.3) is 5.91 Å². The third kappa shape index (κ3) is 3.84. The molecule has 0 bridgehead atoms. The lowest BCUT2D eigenvalue weighted by atomic mass is 10.2. The average molecular weight is 334 g/mol. The van der Waals surface area contributed by atoms with Crippen LogP contribution in [0.4, 0.5) is 5.69 Å². The summed E-state index contributed by atoms with van der Waals surface area (Å²) in [5, 5.41) is 2.87. The number of hydrogen-bond acceptors (Lipinski definition) is 2. The molecule has 3 nitrogen and oxygen atoms in total. The molecule has 0 radical (unpaired) electrons. The quantitative estimate of drug-likeness (QED) is 0.912. The maximum atomic E-state index is 12.1. The summed E-state index contributed by atoms with van der Waals surface area (Å²) in [4.78, 5) is 12.1. The molecule has 1 amide bonds. The number of ether oxygens (including phenoxy) is 1. The molecule has 2 aromatic carbocycles. The van der Waals surface area contributed by atoms with Gasteiger partial charge in [-0.2, -0.15) is 0 Å². The van der Waals surface area contributed by atoms with Crippen LogP contribution in [0.1, 0.15) is 12.5 Å². The molecule has 0 aromatic heterocycles. The fourth-order valence-electron chi connectivity index (χ4n) is 1.76. The number of nitrogens with one attached hydrogen (secondary N) is 1. The molecule has 0 saturated carbocycles. The van der Waals surface area contributed by atoms with Crippen LogP contribution in [0, 0.1) is 6.92 Å². The van der Waals surface area contributed by atoms with Gasteiger partial charge in [0.1, 0.15) is 5.75 Å². The molecule has 0 saturated heterocycles. The van der Waals surface area contributed by atoms with Crippen LogP contribution >= 0.6 is 15.9 Å². The first-order valence-corrected chi connectivity index (χ1v) is 7.14. The third-order valence-corrected chi connectivity index (χ3v) is 3.36. The highest BCUT2D eigenvalue weighted by atomic mass is 79.9. The highest BCUT2D eigenvalue weighted by Crippen LogP contribution is 2.20. The predicted octanol–water partition coefficient (Wildman–Crippen LogP) is 4.16. The number of aryl methyl sites for hydroxylation is 1. The Bertz CT molecular complexity index is 599. The Morgan fingerprint density at radius 1 is 1.20 bits per heavy atom. The summed E-state index contributed by atoms with van der Waals surface area (Å²) in [6.07, 6.45) is -0.555. The van der Waals surface area contributed by atoms with E-state index in [1.807, 2.05) is 55.5 Å². The number of anilines is 1. The van der Waals surface area contributed by atoms with Crippen LogP contribution in [0.2, 0.25) is 0 Å². The van der Waals surface area contributed by atoms with E-state index in [4.69, 9.17) is 4.74 Å². The Labute approximate surface area is 127 Å². The Morgan fingerprint density at radius 2 is 1.90 bits per heavy atom. The fourth-order valence-corrected chi connectivity index (χ4v) is 2.23. The second-order valence-electron chi connectivity index (χ2n) is 4.52. The van der Waals surface area contributed by atoms with E-state index in [1.54, 1.807) is 6.92 Å². The molecule has 2 rings (SSSR count). The van der Waals surface area contributed by atoms with Crippen LogP contribution in [0.25, 0.3) is 0 Å². The standard InChI is InChI=1S/C16H16BrNO2/c1-11-10-13(17)8-9-15(11)18-16(19)12(2)20-14-6-4-3-5-7-14/h3-10,12H,1-2H3,(H,18,19). The number of carbonyl (C=O) groups excluding carboxylic acids is 1. The molecule has 0 spiro atoms. The zero-order chi connectivity index (χ0) is 14.5. The van der Waals surface area contributed by atoms with Crippen LogP contribution < -0.4 is 10.1 Å². The van der Waals surface area contributed by atoms with Crippen molar-refractivity contribution >= 4 is 27.5 Å². The van der Waals surface area contributed by atoms with Gasteiger partial charge in [0.2, 0.25) is 0 Å². The van der Waals surface area contributed by atoms with Crippen LogP contribution in [0.5, 0.6) is 5.75 Å². The number of amides is 1. The lowest BCUT2D eigenvalue weighted by molar-refractivity contribution is -0.122. The van der Waals surface area contributed by atoms with Crippen LogP contribution in [-0.4, -0.2) is 12.0 Å². The number of rotatable bonds is 4. The van der Waals surface area contributed by atoms with E-state index >= 15 is 0 Å². The summed E-state index contributed by atoms with van der Waals surface area (Å²) in [5.74, 6) is 0.516. The minimum Gasteiger partial charge on any atom is -0.481 e. The van der Waals surface area contributed by atoms with E-state index in [-0.39, 0.29) is 5.91 Å². The van der Waals surface area contributed by atoms with E-state index in [2.05, 4.69) is 21.2 Å². The van der Waals surface area contributed by atoms with Crippen molar-refractivity contribution in [3.05, 3.63) is 58.6 Å². The predicted molar refractivity (Wildman–Crippen MR) is 84.0 cm³/mol. The summed E-state index contributed by atoms with van der Waals surface area (Å²) in [5.41, 5.74) is 1.79. The summed E-state index contributed by atoms with van der Waals surface area (Å²) in [6.45, 7) is 3.68. The molecular formula is C16H16BrNO2. The van der Waals surface area contributed by atoms with Crippen molar-refractivity contribution in [3.8, 4) is 5.75 Å². The molecule has 104 valence electrons. The topological polar surface area (TPSA) is 38.3 Å². The number of para-hydroxylation sites is 1. The fraction of sp³-hybridized carbons (Fsp3) is 0.188. The largest absolute Gasteiger partial charge is 0.481 e. The van der Waals surface area contributed by atoms with Crippen molar-refractivity contribution in [1.82, 2.24) is 0 Å². The monoisotopic (exact) mass is 333 g/mol. The van der Waals surface area contributed by atoms with Crippen LogP contribution in [0.15, 0.2) is 53.0 Å². The normalized spacial score (nSPS) is 11.8. The van der Waals surface area contributed by atoms with Gasteiger partial charge in [-0.1, -0.05) is 34.1 Å². The van der Waals surface area contributed by atoms with E-state index in [0.29, 0.717) is 5.75 Å². The highest BCUT2D eigenvalue weighted by molar-refractivity contribution is 9.10. The van der Waals surface area contributed by atoms with Gasteiger partial charge in [0, 0.05) is 10.2 Å². The van der Waals surface area contributed by atoms with Crippen molar-refractivity contribution < 1.29 is 9.53 Å². The average Bonchev–Trinajstić information content (AvgIpc) is 2.43. The Balaban J connectivity index is 2.01. The van der Waals surface area contributed by atoms with Gasteiger partial charge in [-0.25, -0.2) is 0 Å². The van der Waals surface area contributed by atoms with E-state index in [9.17, 15) is 4.79 Å². The first kappa shape index (κ1) is 14.6. The third-order valence-electron chi connectivity index (χ3n) is 2.87. The number of hydrogen-bond donors (Lipinski definition) is 1. The van der Waals surface area contributed by atoms with Crippen LogP contribution in [0.3, 0.4) is 0 Å². The first-order chi connectivity index (χ1) is 9.56. The second kappa shape index (κ2) is 6.57. The minimum atomic E-state index is -0.555.